The Hall–Kier alpha value is -3.06. The van der Waals surface area contributed by atoms with Gasteiger partial charge in [0.15, 0.2) is 16.3 Å². The highest BCUT2D eigenvalue weighted by molar-refractivity contribution is 7.98. The molecule has 140 valence electrons. The van der Waals surface area contributed by atoms with Crippen molar-refractivity contribution in [1.29, 1.82) is 0 Å². The molecular formula is C21H17FN4OS. The van der Waals surface area contributed by atoms with E-state index in [0.717, 1.165) is 11.1 Å². The number of halogens is 1. The van der Waals surface area contributed by atoms with Gasteiger partial charge in [-0.25, -0.2) is 19.3 Å². The molecule has 0 aliphatic rings. The normalized spacial score (nSPS) is 11.1. The molecule has 7 heteroatoms. The molecule has 0 aliphatic heterocycles. The van der Waals surface area contributed by atoms with Crippen molar-refractivity contribution in [2.45, 2.75) is 24.4 Å². The lowest BCUT2D eigenvalue weighted by molar-refractivity contribution is 0.616. The number of hydrogen-bond donors (Lipinski definition) is 0. The highest BCUT2D eigenvalue weighted by Crippen LogP contribution is 2.23. The summed E-state index contributed by atoms with van der Waals surface area (Å²) < 4.78 is 15.6. The summed E-state index contributed by atoms with van der Waals surface area (Å²) >= 11 is 1.31. The van der Waals surface area contributed by atoms with Crippen LogP contribution in [0.1, 0.15) is 16.7 Å². The molecule has 0 saturated heterocycles. The summed E-state index contributed by atoms with van der Waals surface area (Å²) in [6.07, 6.45) is 2.98. The summed E-state index contributed by atoms with van der Waals surface area (Å²) in [7, 11) is 0. The molecule has 0 aliphatic carbocycles. The summed E-state index contributed by atoms with van der Waals surface area (Å²) in [4.78, 5) is 25.9. The third kappa shape index (κ3) is 3.80. The van der Waals surface area contributed by atoms with E-state index in [4.69, 9.17) is 0 Å². The highest BCUT2D eigenvalue weighted by atomic mass is 32.2. The van der Waals surface area contributed by atoms with E-state index in [9.17, 15) is 9.18 Å². The number of thioether (sulfide) groups is 1. The Kier molecular flexibility index (Phi) is 5.16. The minimum atomic E-state index is -0.275. The van der Waals surface area contributed by atoms with Crippen LogP contribution in [-0.2, 0) is 12.3 Å². The Morgan fingerprint density at radius 2 is 1.79 bits per heavy atom. The van der Waals surface area contributed by atoms with Crippen molar-refractivity contribution in [2.75, 3.05) is 0 Å². The number of hydrogen-bond acceptors (Lipinski definition) is 5. The van der Waals surface area contributed by atoms with Gasteiger partial charge < -0.3 is 0 Å². The Balaban J connectivity index is 1.75. The summed E-state index contributed by atoms with van der Waals surface area (Å²) in [5.74, 6) is 0.0849. The fourth-order valence-electron chi connectivity index (χ4n) is 2.81. The minimum absolute atomic E-state index is 0.227. The average molecular weight is 392 g/mol. The first-order chi connectivity index (χ1) is 13.6. The first-order valence-corrected chi connectivity index (χ1v) is 9.73. The maximum atomic E-state index is 14.0. The lowest BCUT2D eigenvalue weighted by atomic mass is 10.1. The quantitative estimate of drug-likeness (QED) is 0.380. The Bertz CT molecular complexity index is 1190. The Morgan fingerprint density at radius 3 is 2.57 bits per heavy atom. The van der Waals surface area contributed by atoms with Gasteiger partial charge in [0.25, 0.3) is 5.56 Å². The van der Waals surface area contributed by atoms with Gasteiger partial charge in [0.2, 0.25) is 0 Å². The van der Waals surface area contributed by atoms with Crippen LogP contribution in [0, 0.1) is 12.7 Å². The second kappa shape index (κ2) is 7.90. The molecule has 2 aromatic carbocycles. The Labute approximate surface area is 165 Å². The molecule has 2 heterocycles. The van der Waals surface area contributed by atoms with Gasteiger partial charge in [0.1, 0.15) is 5.82 Å². The molecule has 0 N–H and O–H groups in total. The van der Waals surface area contributed by atoms with Crippen LogP contribution in [0.5, 0.6) is 0 Å². The highest BCUT2D eigenvalue weighted by Gasteiger charge is 2.14. The molecule has 4 aromatic rings. The number of aryl methyl sites for hydroxylation is 1. The monoisotopic (exact) mass is 392 g/mol. The van der Waals surface area contributed by atoms with Gasteiger partial charge in [-0.05, 0) is 24.1 Å². The van der Waals surface area contributed by atoms with Crippen molar-refractivity contribution >= 4 is 22.9 Å². The van der Waals surface area contributed by atoms with Gasteiger partial charge in [0.05, 0.1) is 6.54 Å². The van der Waals surface area contributed by atoms with Gasteiger partial charge in [-0.2, -0.15) is 0 Å². The van der Waals surface area contributed by atoms with Crippen LogP contribution in [0.2, 0.25) is 0 Å². The lowest BCUT2D eigenvalue weighted by Crippen LogP contribution is -2.25. The van der Waals surface area contributed by atoms with Gasteiger partial charge in [-0.15, -0.1) is 0 Å². The predicted molar refractivity (Wildman–Crippen MR) is 108 cm³/mol. The van der Waals surface area contributed by atoms with Crippen LogP contribution in [0.3, 0.4) is 0 Å². The fraction of sp³-hybridized carbons (Fsp3) is 0.143. The van der Waals surface area contributed by atoms with Crippen LogP contribution in [0.25, 0.3) is 11.2 Å². The SMILES string of the molecule is Cc1ccc(Cn2c(SCc3ccccc3F)nc3nccnc3c2=O)cc1. The van der Waals surface area contributed by atoms with E-state index in [1.54, 1.807) is 22.8 Å². The summed E-state index contributed by atoms with van der Waals surface area (Å²) in [5, 5.41) is 0.488. The van der Waals surface area contributed by atoms with Crippen molar-refractivity contribution < 1.29 is 4.39 Å². The van der Waals surface area contributed by atoms with E-state index < -0.39 is 0 Å². The molecule has 0 unspecified atom stereocenters. The van der Waals surface area contributed by atoms with Crippen LogP contribution in [0.4, 0.5) is 4.39 Å². The van der Waals surface area contributed by atoms with E-state index in [1.807, 2.05) is 31.2 Å². The largest absolute Gasteiger partial charge is 0.282 e. The first kappa shape index (κ1) is 18.3. The van der Waals surface area contributed by atoms with Gasteiger partial charge in [-0.3, -0.25) is 9.36 Å². The van der Waals surface area contributed by atoms with Gasteiger partial charge in [-0.1, -0.05) is 59.8 Å². The zero-order valence-electron chi connectivity index (χ0n) is 15.2. The Morgan fingerprint density at radius 1 is 1.04 bits per heavy atom. The van der Waals surface area contributed by atoms with E-state index in [-0.39, 0.29) is 16.9 Å². The molecule has 5 nitrogen and oxygen atoms in total. The summed E-state index contributed by atoms with van der Waals surface area (Å²) in [6.45, 7) is 2.37. The van der Waals surface area contributed by atoms with Crippen molar-refractivity contribution in [1.82, 2.24) is 19.5 Å². The fourth-order valence-corrected chi connectivity index (χ4v) is 3.79. The van der Waals surface area contributed by atoms with Gasteiger partial charge >= 0.3 is 0 Å². The van der Waals surface area contributed by atoms with Crippen LogP contribution >= 0.6 is 11.8 Å². The van der Waals surface area contributed by atoms with Crippen molar-refractivity contribution in [3.05, 3.63) is 93.8 Å². The number of rotatable bonds is 5. The molecule has 0 spiro atoms. The molecule has 4 rings (SSSR count). The van der Waals surface area contributed by atoms with Crippen molar-refractivity contribution in [2.24, 2.45) is 0 Å². The maximum absolute atomic E-state index is 14.0. The number of aromatic nitrogens is 4. The molecule has 0 atom stereocenters. The van der Waals surface area contributed by atoms with E-state index in [0.29, 0.717) is 28.7 Å². The smallest absolute Gasteiger partial charge is 0.281 e. The number of nitrogens with zero attached hydrogens (tertiary/aromatic N) is 4. The topological polar surface area (TPSA) is 60.7 Å². The molecule has 2 aromatic heterocycles. The molecular weight excluding hydrogens is 375 g/mol. The number of fused-ring (bicyclic) bond motifs is 1. The van der Waals surface area contributed by atoms with Crippen molar-refractivity contribution in [3.63, 3.8) is 0 Å². The zero-order chi connectivity index (χ0) is 19.5. The lowest BCUT2D eigenvalue weighted by Gasteiger charge is -2.13. The molecule has 28 heavy (non-hydrogen) atoms. The standard InChI is InChI=1S/C21H17FN4OS/c1-14-6-8-15(9-7-14)12-26-20(27)18-19(24-11-10-23-18)25-21(26)28-13-16-4-2-3-5-17(16)22/h2-11H,12-13H2,1H3. The molecule has 0 amide bonds. The minimum Gasteiger partial charge on any atom is -0.281 e. The molecule has 0 fully saturated rings. The van der Waals surface area contributed by atoms with E-state index >= 15 is 0 Å². The predicted octanol–water partition coefficient (Wildman–Crippen LogP) is 3.97. The second-order valence-corrected chi connectivity index (χ2v) is 7.32. The first-order valence-electron chi connectivity index (χ1n) is 8.75. The van der Waals surface area contributed by atoms with Crippen LogP contribution < -0.4 is 5.56 Å². The third-order valence-corrected chi connectivity index (χ3v) is 5.36. The van der Waals surface area contributed by atoms with Crippen LogP contribution in [0.15, 0.2) is 70.9 Å². The van der Waals surface area contributed by atoms with Crippen molar-refractivity contribution in [3.8, 4) is 0 Å². The third-order valence-electron chi connectivity index (χ3n) is 4.34. The van der Waals surface area contributed by atoms with Gasteiger partial charge in [0, 0.05) is 18.1 Å². The maximum Gasteiger partial charge on any atom is 0.282 e. The zero-order valence-corrected chi connectivity index (χ0v) is 16.0. The van der Waals surface area contributed by atoms with Crippen LogP contribution in [-0.4, -0.2) is 19.5 Å². The summed E-state index contributed by atoms with van der Waals surface area (Å²) in [5.41, 5.74) is 2.95. The molecule has 0 saturated carbocycles. The van der Waals surface area contributed by atoms with E-state index in [2.05, 4.69) is 15.0 Å². The van der Waals surface area contributed by atoms with E-state index in [1.165, 1.54) is 30.2 Å². The summed E-state index contributed by atoms with van der Waals surface area (Å²) in [6, 6.07) is 14.6. The average Bonchev–Trinajstić information content (AvgIpc) is 2.71. The molecule has 0 radical (unpaired) electrons. The molecule has 0 bridgehead atoms. The second-order valence-electron chi connectivity index (χ2n) is 6.38. The number of benzene rings is 2.